The van der Waals surface area contributed by atoms with Crippen molar-refractivity contribution in [3.05, 3.63) is 29.6 Å². The Morgan fingerprint density at radius 3 is 3.05 bits per heavy atom. The van der Waals surface area contributed by atoms with Crippen LogP contribution in [0.2, 0.25) is 0 Å². The van der Waals surface area contributed by atoms with E-state index in [1.54, 1.807) is 6.07 Å². The summed E-state index contributed by atoms with van der Waals surface area (Å²) in [6.45, 7) is 6.27. The molecule has 22 heavy (non-hydrogen) atoms. The molecule has 2 aromatic rings. The van der Waals surface area contributed by atoms with Crippen molar-refractivity contribution in [1.82, 2.24) is 9.36 Å². The van der Waals surface area contributed by atoms with Gasteiger partial charge in [-0.25, -0.2) is 0 Å². The lowest BCUT2D eigenvalue weighted by atomic mass is 9.95. The summed E-state index contributed by atoms with van der Waals surface area (Å²) in [7, 11) is 0. The Morgan fingerprint density at radius 2 is 2.27 bits per heavy atom. The van der Waals surface area contributed by atoms with Crippen LogP contribution in [0.25, 0.3) is 0 Å². The lowest BCUT2D eigenvalue weighted by Gasteiger charge is -2.21. The highest BCUT2D eigenvalue weighted by Gasteiger charge is 2.24. The Bertz CT molecular complexity index is 696. The summed E-state index contributed by atoms with van der Waals surface area (Å²) < 4.78 is 15.3. The molecule has 0 N–H and O–H groups in total. The fourth-order valence-corrected chi connectivity index (χ4v) is 3.00. The highest BCUT2D eigenvalue weighted by Crippen LogP contribution is 2.37. The number of carbonyl (C=O) groups is 1. The summed E-state index contributed by atoms with van der Waals surface area (Å²) in [6, 6.07) is 5.56. The highest BCUT2D eigenvalue weighted by molar-refractivity contribution is 7.07. The van der Waals surface area contributed by atoms with Crippen LogP contribution in [0, 0.1) is 5.92 Å². The van der Waals surface area contributed by atoms with Gasteiger partial charge in [0.15, 0.2) is 0 Å². The van der Waals surface area contributed by atoms with Crippen LogP contribution in [0.3, 0.4) is 0 Å². The van der Waals surface area contributed by atoms with Gasteiger partial charge in [-0.3, -0.25) is 4.79 Å². The van der Waals surface area contributed by atoms with Crippen molar-refractivity contribution in [3.63, 3.8) is 0 Å². The molecule has 0 bridgehead atoms. The number of aromatic nitrogens is 2. The topological polar surface area (TPSA) is 61.3 Å². The van der Waals surface area contributed by atoms with Crippen molar-refractivity contribution in [2.45, 2.75) is 39.5 Å². The van der Waals surface area contributed by atoms with Crippen LogP contribution in [-0.2, 0) is 11.2 Å². The van der Waals surface area contributed by atoms with E-state index in [0.717, 1.165) is 17.8 Å². The minimum atomic E-state index is -0.202. The predicted molar refractivity (Wildman–Crippen MR) is 83.6 cm³/mol. The molecule has 6 heteroatoms. The molecule has 0 amide bonds. The van der Waals surface area contributed by atoms with Crippen LogP contribution in [0.5, 0.6) is 16.7 Å². The first-order chi connectivity index (χ1) is 10.5. The second-order valence-electron chi connectivity index (χ2n) is 5.96. The van der Waals surface area contributed by atoms with Crippen molar-refractivity contribution in [2.24, 2.45) is 5.92 Å². The third-order valence-corrected chi connectivity index (χ3v) is 4.09. The molecule has 0 spiro atoms. The maximum atomic E-state index is 11.5. The molecular formula is C16H18N2O3S. The van der Waals surface area contributed by atoms with Gasteiger partial charge in [0, 0.05) is 24.0 Å². The van der Waals surface area contributed by atoms with E-state index < -0.39 is 0 Å². The minimum absolute atomic E-state index is 0.171. The smallest absolute Gasteiger partial charge is 0.311 e. The van der Waals surface area contributed by atoms with E-state index in [4.69, 9.17) is 9.47 Å². The first kappa shape index (κ1) is 15.0. The first-order valence-corrected chi connectivity index (χ1v) is 8.13. The van der Waals surface area contributed by atoms with E-state index >= 15 is 0 Å². The Kier molecular flexibility index (Phi) is 4.11. The third-order valence-electron chi connectivity index (χ3n) is 3.46. The largest absolute Gasteiger partial charge is 0.430 e. The van der Waals surface area contributed by atoms with Crippen LogP contribution >= 0.6 is 11.5 Å². The Balaban J connectivity index is 1.77. The molecule has 2 heterocycles. The van der Waals surface area contributed by atoms with Crippen molar-refractivity contribution >= 4 is 17.5 Å². The van der Waals surface area contributed by atoms with Gasteiger partial charge in [0.05, 0.1) is 6.42 Å². The summed E-state index contributed by atoms with van der Waals surface area (Å²) in [5, 5.41) is 0.505. The zero-order chi connectivity index (χ0) is 15.7. The molecule has 0 saturated carbocycles. The van der Waals surface area contributed by atoms with Gasteiger partial charge in [-0.05, 0) is 23.5 Å². The predicted octanol–water partition coefficient (Wildman–Crippen LogP) is 3.94. The van der Waals surface area contributed by atoms with E-state index in [-0.39, 0.29) is 11.9 Å². The number of esters is 1. The normalized spacial score (nSPS) is 17.3. The van der Waals surface area contributed by atoms with Gasteiger partial charge in [-0.1, -0.05) is 26.8 Å². The molecule has 3 rings (SSSR count). The monoisotopic (exact) mass is 318 g/mol. The van der Waals surface area contributed by atoms with Gasteiger partial charge < -0.3 is 9.47 Å². The quantitative estimate of drug-likeness (QED) is 0.631. The van der Waals surface area contributed by atoms with E-state index in [0.29, 0.717) is 29.0 Å². The zero-order valence-electron chi connectivity index (χ0n) is 12.8. The molecule has 5 nitrogen and oxygen atoms in total. The molecule has 1 aliphatic rings. The number of benzene rings is 1. The molecule has 0 fully saturated rings. The molecular weight excluding hydrogens is 300 g/mol. The second kappa shape index (κ2) is 6.04. The summed E-state index contributed by atoms with van der Waals surface area (Å²) in [6.07, 6.45) is 1.25. The Hall–Kier alpha value is -1.95. The zero-order valence-corrected chi connectivity index (χ0v) is 13.6. The number of hydrogen-bond acceptors (Lipinski definition) is 6. The van der Waals surface area contributed by atoms with Gasteiger partial charge in [0.1, 0.15) is 17.3 Å². The van der Waals surface area contributed by atoms with Crippen LogP contribution in [-0.4, -0.2) is 15.3 Å². The number of hydrogen-bond donors (Lipinski definition) is 0. The SMILES string of the molecule is CC(C)Cc1nsc(Oc2ccc3c(c2)OC(=O)CC3C)n1. The third kappa shape index (κ3) is 3.27. The molecule has 116 valence electrons. The van der Waals surface area contributed by atoms with Gasteiger partial charge >= 0.3 is 5.97 Å². The van der Waals surface area contributed by atoms with Crippen molar-refractivity contribution in [3.8, 4) is 16.7 Å². The maximum Gasteiger partial charge on any atom is 0.311 e. The number of fused-ring (bicyclic) bond motifs is 1. The average Bonchev–Trinajstić information content (AvgIpc) is 2.84. The average molecular weight is 318 g/mol. The van der Waals surface area contributed by atoms with Crippen LogP contribution < -0.4 is 9.47 Å². The molecule has 1 atom stereocenters. The van der Waals surface area contributed by atoms with Gasteiger partial charge in [0.25, 0.3) is 5.19 Å². The summed E-state index contributed by atoms with van der Waals surface area (Å²) >= 11 is 1.23. The molecule has 0 aliphatic carbocycles. The van der Waals surface area contributed by atoms with E-state index in [1.807, 2.05) is 19.1 Å². The van der Waals surface area contributed by atoms with Crippen molar-refractivity contribution in [2.75, 3.05) is 0 Å². The van der Waals surface area contributed by atoms with Crippen LogP contribution in [0.1, 0.15) is 44.5 Å². The van der Waals surface area contributed by atoms with E-state index in [9.17, 15) is 4.79 Å². The highest BCUT2D eigenvalue weighted by atomic mass is 32.1. The molecule has 0 radical (unpaired) electrons. The van der Waals surface area contributed by atoms with Crippen LogP contribution in [0.4, 0.5) is 0 Å². The van der Waals surface area contributed by atoms with Crippen LogP contribution in [0.15, 0.2) is 18.2 Å². The Morgan fingerprint density at radius 1 is 1.45 bits per heavy atom. The standard InChI is InChI=1S/C16H18N2O3S/c1-9(2)6-14-17-16(22-18-14)20-11-4-5-12-10(3)7-15(19)21-13(12)8-11/h4-5,8-10H,6-7H2,1-3H3. The first-order valence-electron chi connectivity index (χ1n) is 7.36. The summed E-state index contributed by atoms with van der Waals surface area (Å²) in [5.41, 5.74) is 1.03. The number of ether oxygens (including phenoxy) is 2. The van der Waals surface area contributed by atoms with Crippen molar-refractivity contribution < 1.29 is 14.3 Å². The fraction of sp³-hybridized carbons (Fsp3) is 0.438. The molecule has 0 saturated heterocycles. The minimum Gasteiger partial charge on any atom is -0.430 e. The summed E-state index contributed by atoms with van der Waals surface area (Å²) in [4.78, 5) is 15.9. The van der Waals surface area contributed by atoms with Gasteiger partial charge in [0.2, 0.25) is 0 Å². The molecule has 1 aromatic carbocycles. The molecule has 1 unspecified atom stereocenters. The maximum absolute atomic E-state index is 11.5. The van der Waals surface area contributed by atoms with Gasteiger partial charge in [-0.15, -0.1) is 0 Å². The lowest BCUT2D eigenvalue weighted by molar-refractivity contribution is -0.135. The van der Waals surface area contributed by atoms with E-state index in [2.05, 4.69) is 23.2 Å². The molecule has 1 aliphatic heterocycles. The summed E-state index contributed by atoms with van der Waals surface area (Å²) in [5.74, 6) is 2.46. The van der Waals surface area contributed by atoms with Crippen molar-refractivity contribution in [1.29, 1.82) is 0 Å². The number of rotatable bonds is 4. The number of nitrogens with zero attached hydrogens (tertiary/aromatic N) is 2. The second-order valence-corrected chi connectivity index (χ2v) is 6.67. The number of carbonyl (C=O) groups excluding carboxylic acids is 1. The molecule has 1 aromatic heterocycles. The van der Waals surface area contributed by atoms with E-state index in [1.165, 1.54) is 11.5 Å². The Labute approximate surface area is 133 Å². The lowest BCUT2D eigenvalue weighted by Crippen LogP contribution is -2.18. The van der Waals surface area contributed by atoms with Gasteiger partial charge in [-0.2, -0.15) is 9.36 Å². The fourth-order valence-electron chi connectivity index (χ4n) is 2.43.